The zero-order valence-corrected chi connectivity index (χ0v) is 16.5. The third kappa shape index (κ3) is 4.81. The summed E-state index contributed by atoms with van der Waals surface area (Å²) < 4.78 is 61.7. The highest BCUT2D eigenvalue weighted by atomic mass is 32.2. The molecule has 1 atom stereocenters. The summed E-state index contributed by atoms with van der Waals surface area (Å²) in [5.74, 6) is -3.06. The average Bonchev–Trinajstić information content (AvgIpc) is 3.30. The molecule has 3 N–H and O–H groups in total. The number of anilines is 1. The molecule has 29 heavy (non-hydrogen) atoms. The smallest absolute Gasteiger partial charge is 0.350 e. The van der Waals surface area contributed by atoms with E-state index in [-0.39, 0.29) is 24.9 Å². The van der Waals surface area contributed by atoms with Gasteiger partial charge in [0.05, 0.1) is 12.3 Å². The summed E-state index contributed by atoms with van der Waals surface area (Å²) >= 11 is 0. The molecule has 2 aliphatic rings. The fourth-order valence-corrected chi connectivity index (χ4v) is 4.75. The predicted octanol–water partition coefficient (Wildman–Crippen LogP) is 2.10. The summed E-state index contributed by atoms with van der Waals surface area (Å²) in [6.45, 7) is -0.142. The lowest BCUT2D eigenvalue weighted by Gasteiger charge is -2.28. The highest BCUT2D eigenvalue weighted by molar-refractivity contribution is 7.89. The molecule has 162 valence electrons. The number of rotatable bonds is 3. The lowest BCUT2D eigenvalue weighted by atomic mass is 10.1. The molecule has 4 rings (SSSR count). The molecule has 1 aliphatic heterocycles. The van der Waals surface area contributed by atoms with Crippen molar-refractivity contribution >= 4 is 21.5 Å². The van der Waals surface area contributed by atoms with Gasteiger partial charge in [0.2, 0.25) is 5.95 Å². The number of nitrogen functional groups attached to an aromatic ring is 1. The van der Waals surface area contributed by atoms with Crippen LogP contribution in [-0.2, 0) is 10.0 Å². The first-order chi connectivity index (χ1) is 13.7. The van der Waals surface area contributed by atoms with Crippen LogP contribution in [0.25, 0.3) is 5.52 Å². The molecule has 0 amide bonds. The Hall–Kier alpha value is -1.92. The van der Waals surface area contributed by atoms with Gasteiger partial charge in [-0.15, -0.1) is 5.10 Å². The molecule has 0 spiro atoms. The summed E-state index contributed by atoms with van der Waals surface area (Å²) in [6.07, 6.45) is 6.14. The Morgan fingerprint density at radius 1 is 1.21 bits per heavy atom. The van der Waals surface area contributed by atoms with Gasteiger partial charge in [-0.3, -0.25) is 0 Å². The minimum atomic E-state index is -4.49. The van der Waals surface area contributed by atoms with Crippen LogP contribution in [0.3, 0.4) is 0 Å². The van der Waals surface area contributed by atoms with Gasteiger partial charge in [0.25, 0.3) is 10.0 Å². The van der Waals surface area contributed by atoms with Crippen LogP contribution in [0.15, 0.2) is 12.3 Å². The molecule has 0 radical (unpaired) electrons. The molecule has 1 saturated carbocycles. The van der Waals surface area contributed by atoms with E-state index in [1.807, 2.05) is 0 Å². The molecule has 1 saturated heterocycles. The first-order valence-corrected chi connectivity index (χ1v) is 10.9. The van der Waals surface area contributed by atoms with E-state index in [4.69, 9.17) is 10.8 Å². The molecule has 1 unspecified atom stereocenters. The van der Waals surface area contributed by atoms with Crippen molar-refractivity contribution in [3.05, 3.63) is 23.8 Å². The van der Waals surface area contributed by atoms with Crippen LogP contribution < -0.4 is 5.73 Å². The van der Waals surface area contributed by atoms with Crippen LogP contribution in [0.2, 0.25) is 0 Å². The fourth-order valence-electron chi connectivity index (χ4n) is 3.77. The van der Waals surface area contributed by atoms with Crippen molar-refractivity contribution in [1.29, 1.82) is 0 Å². The molecule has 12 heteroatoms. The number of hydrogen-bond donors (Lipinski definition) is 2. The van der Waals surface area contributed by atoms with Gasteiger partial charge in [-0.2, -0.15) is 13.1 Å². The van der Waals surface area contributed by atoms with Gasteiger partial charge in [0, 0.05) is 24.7 Å². The van der Waals surface area contributed by atoms with Crippen molar-refractivity contribution in [3.8, 4) is 0 Å². The normalized spacial score (nSPS) is 21.5. The number of hydrogen-bond acceptors (Lipinski definition) is 6. The van der Waals surface area contributed by atoms with Crippen molar-refractivity contribution in [3.63, 3.8) is 0 Å². The van der Waals surface area contributed by atoms with Gasteiger partial charge in [-0.25, -0.2) is 22.3 Å². The number of nitrogens with two attached hydrogens (primary N) is 1. The number of alkyl halides is 2. The molecule has 0 aromatic carbocycles. The van der Waals surface area contributed by atoms with Gasteiger partial charge in [0.15, 0.2) is 5.82 Å². The highest BCUT2D eigenvalue weighted by Crippen LogP contribution is 2.35. The second-order valence-corrected chi connectivity index (χ2v) is 9.17. The topological polar surface area (TPSA) is 114 Å². The number of aliphatic hydroxyl groups is 1. The quantitative estimate of drug-likeness (QED) is 0.763. The second kappa shape index (κ2) is 8.84. The maximum atomic E-state index is 13.7. The van der Waals surface area contributed by atoms with E-state index < -0.39 is 21.9 Å². The van der Waals surface area contributed by atoms with Crippen molar-refractivity contribution in [1.82, 2.24) is 18.9 Å². The first-order valence-electron chi connectivity index (χ1n) is 9.45. The first kappa shape index (κ1) is 21.8. The zero-order valence-electron chi connectivity index (χ0n) is 15.7. The van der Waals surface area contributed by atoms with E-state index in [0.29, 0.717) is 28.6 Å². The summed E-state index contributed by atoms with van der Waals surface area (Å²) in [5, 5.41) is 13.2. The fraction of sp³-hybridized carbons (Fsp3) is 0.647. The van der Waals surface area contributed by atoms with Crippen LogP contribution in [0.1, 0.15) is 50.1 Å². The summed E-state index contributed by atoms with van der Waals surface area (Å²) in [4.78, 5) is 3.81. The minimum absolute atomic E-state index is 0.0731. The third-order valence-electron chi connectivity index (χ3n) is 5.23. The number of aromatic nitrogens is 3. The number of β-amino-alcohol motifs (C(OH)–C–C–N with tert-alkyl or cyclic N) is 1. The van der Waals surface area contributed by atoms with E-state index in [9.17, 15) is 21.6 Å². The van der Waals surface area contributed by atoms with Crippen molar-refractivity contribution < 1.29 is 26.7 Å². The van der Waals surface area contributed by atoms with Gasteiger partial charge in [0.1, 0.15) is 5.52 Å². The molecule has 2 aromatic heterocycles. The number of nitrogens with zero attached hydrogens (tertiary/aromatic N) is 4. The number of piperidine rings is 1. The lowest BCUT2D eigenvalue weighted by Crippen LogP contribution is -2.44. The van der Waals surface area contributed by atoms with Crippen molar-refractivity contribution in [2.24, 2.45) is 0 Å². The van der Waals surface area contributed by atoms with Crippen molar-refractivity contribution in [2.75, 3.05) is 18.8 Å². The number of fused-ring (bicyclic) bond motifs is 1. The molecular weight excluding hydrogens is 411 g/mol. The van der Waals surface area contributed by atoms with E-state index in [1.165, 1.54) is 19.0 Å². The third-order valence-corrected chi connectivity index (χ3v) is 6.73. The predicted molar refractivity (Wildman–Crippen MR) is 100 cm³/mol. The standard InChI is InChI=1S/C11H13FN4.C6H11F2NO3S/c12-8-5-9(7-3-1-2-4-7)16-10(8)6-14-11(13)15-16;7-6(8)13(11,12)9-3-1-2-5(10)4-9/h5-7H,1-4H2,(H2,13,15);5-6,10H,1-4H2. The van der Waals surface area contributed by atoms with E-state index in [0.717, 1.165) is 18.5 Å². The van der Waals surface area contributed by atoms with E-state index in [2.05, 4.69) is 10.1 Å². The molecule has 3 heterocycles. The maximum Gasteiger partial charge on any atom is 0.350 e. The SMILES string of the molecule is Nc1ncc2c(F)cc(C3CCCC3)n2n1.O=S(=O)(C(F)F)N1CCCC(O)C1. The van der Waals surface area contributed by atoms with Gasteiger partial charge in [-0.1, -0.05) is 12.8 Å². The Morgan fingerprint density at radius 2 is 1.90 bits per heavy atom. The van der Waals surface area contributed by atoms with Gasteiger partial charge >= 0.3 is 5.76 Å². The zero-order chi connectivity index (χ0) is 21.2. The Balaban J connectivity index is 0.000000170. The second-order valence-electron chi connectivity index (χ2n) is 7.27. The summed E-state index contributed by atoms with van der Waals surface area (Å²) in [6, 6.07) is 1.57. The number of aliphatic hydroxyl groups excluding tert-OH is 1. The minimum Gasteiger partial charge on any atom is -0.392 e. The molecule has 1 aliphatic carbocycles. The van der Waals surface area contributed by atoms with Crippen LogP contribution in [0, 0.1) is 5.82 Å². The van der Waals surface area contributed by atoms with Gasteiger partial charge in [-0.05, 0) is 31.7 Å². The van der Waals surface area contributed by atoms with Crippen LogP contribution in [-0.4, -0.2) is 57.4 Å². The summed E-state index contributed by atoms with van der Waals surface area (Å²) in [5.41, 5.74) is 6.88. The molecule has 2 aromatic rings. The largest absolute Gasteiger partial charge is 0.392 e. The van der Waals surface area contributed by atoms with E-state index >= 15 is 0 Å². The molecule has 0 bridgehead atoms. The Kier molecular flexibility index (Phi) is 6.64. The van der Waals surface area contributed by atoms with Crippen LogP contribution in [0.5, 0.6) is 0 Å². The Bertz CT molecular complexity index is 947. The lowest BCUT2D eigenvalue weighted by molar-refractivity contribution is 0.103. The maximum absolute atomic E-state index is 13.7. The van der Waals surface area contributed by atoms with Crippen LogP contribution in [0.4, 0.5) is 19.1 Å². The Labute approximate surface area is 166 Å². The highest BCUT2D eigenvalue weighted by Gasteiger charge is 2.34. The Morgan fingerprint density at radius 3 is 2.52 bits per heavy atom. The number of sulfonamides is 1. The summed E-state index contributed by atoms with van der Waals surface area (Å²) in [7, 11) is -4.49. The van der Waals surface area contributed by atoms with Gasteiger partial charge < -0.3 is 10.8 Å². The van der Waals surface area contributed by atoms with Crippen molar-refractivity contribution in [2.45, 2.75) is 56.3 Å². The number of halogens is 3. The molecular formula is C17H24F3N5O3S. The average molecular weight is 435 g/mol. The molecule has 8 nitrogen and oxygen atoms in total. The van der Waals surface area contributed by atoms with Crippen LogP contribution >= 0.6 is 0 Å². The van der Waals surface area contributed by atoms with E-state index in [1.54, 1.807) is 10.6 Å². The monoisotopic (exact) mass is 435 g/mol. The molecule has 2 fully saturated rings.